The van der Waals surface area contributed by atoms with Crippen LogP contribution in [-0.4, -0.2) is 23.7 Å². The lowest BCUT2D eigenvalue weighted by Crippen LogP contribution is -2.17. The van der Waals surface area contributed by atoms with Crippen molar-refractivity contribution in [1.82, 2.24) is 5.43 Å². The van der Waals surface area contributed by atoms with E-state index in [2.05, 4.69) is 17.1 Å². The van der Waals surface area contributed by atoms with Crippen LogP contribution in [0, 0.1) is 10.1 Å². The maximum Gasteiger partial charge on any atom is 0.271 e. The fourth-order valence-corrected chi connectivity index (χ4v) is 1.81. The molecule has 2 rings (SSSR count). The molecule has 0 atom stereocenters. The standard InChI is InChI=1S/C17H15N3O4/c1-2-10-24-16-8-6-14(7-9-16)17(21)19-18-12-13-4-3-5-15(11-13)20(22)23/h2-9,11-12H,1,10H2,(H,19,21). The van der Waals surface area contributed by atoms with Gasteiger partial charge in [-0.2, -0.15) is 5.10 Å². The van der Waals surface area contributed by atoms with E-state index >= 15 is 0 Å². The number of nitro groups is 1. The lowest BCUT2D eigenvalue weighted by molar-refractivity contribution is -0.384. The molecule has 122 valence electrons. The molecule has 1 N–H and O–H groups in total. The van der Waals surface area contributed by atoms with Crippen LogP contribution in [0.1, 0.15) is 15.9 Å². The second-order valence-corrected chi connectivity index (χ2v) is 4.68. The van der Waals surface area contributed by atoms with Crippen molar-refractivity contribution < 1.29 is 14.5 Å². The van der Waals surface area contributed by atoms with Crippen LogP contribution in [0.5, 0.6) is 5.75 Å². The summed E-state index contributed by atoms with van der Waals surface area (Å²) in [5, 5.41) is 14.5. The van der Waals surface area contributed by atoms with Crippen molar-refractivity contribution >= 4 is 17.8 Å². The first-order valence-electron chi connectivity index (χ1n) is 7.02. The van der Waals surface area contributed by atoms with Crippen LogP contribution in [0.2, 0.25) is 0 Å². The number of hydrazone groups is 1. The molecule has 0 aliphatic carbocycles. The molecule has 0 saturated carbocycles. The monoisotopic (exact) mass is 325 g/mol. The summed E-state index contributed by atoms with van der Waals surface area (Å²) < 4.78 is 5.32. The molecule has 0 heterocycles. The molecule has 1 amide bonds. The molecule has 7 heteroatoms. The van der Waals surface area contributed by atoms with Gasteiger partial charge in [-0.3, -0.25) is 14.9 Å². The first-order chi connectivity index (χ1) is 11.6. The smallest absolute Gasteiger partial charge is 0.271 e. The highest BCUT2D eigenvalue weighted by molar-refractivity contribution is 5.95. The molecule has 7 nitrogen and oxygen atoms in total. The van der Waals surface area contributed by atoms with Gasteiger partial charge in [-0.15, -0.1) is 0 Å². The maximum absolute atomic E-state index is 11.9. The molecule has 2 aromatic carbocycles. The van der Waals surface area contributed by atoms with Crippen molar-refractivity contribution in [3.8, 4) is 5.75 Å². The normalized spacial score (nSPS) is 10.3. The zero-order chi connectivity index (χ0) is 17.4. The number of hydrogen-bond donors (Lipinski definition) is 1. The third-order valence-corrected chi connectivity index (χ3v) is 2.95. The third-order valence-electron chi connectivity index (χ3n) is 2.95. The average Bonchev–Trinajstić information content (AvgIpc) is 2.60. The number of nitrogens with one attached hydrogen (secondary N) is 1. The third kappa shape index (κ3) is 4.77. The average molecular weight is 325 g/mol. The van der Waals surface area contributed by atoms with Gasteiger partial charge in [0.2, 0.25) is 0 Å². The lowest BCUT2D eigenvalue weighted by atomic mass is 10.2. The number of nitro benzene ring substituents is 1. The Balaban J connectivity index is 1.96. The van der Waals surface area contributed by atoms with Gasteiger partial charge in [0.1, 0.15) is 12.4 Å². The predicted molar refractivity (Wildman–Crippen MR) is 90.3 cm³/mol. The Bertz CT molecular complexity index is 770. The van der Waals surface area contributed by atoms with Gasteiger partial charge >= 0.3 is 0 Å². The van der Waals surface area contributed by atoms with Crippen LogP contribution in [0.25, 0.3) is 0 Å². The van der Waals surface area contributed by atoms with Crippen LogP contribution >= 0.6 is 0 Å². The van der Waals surface area contributed by atoms with Gasteiger partial charge in [0.25, 0.3) is 11.6 Å². The van der Waals surface area contributed by atoms with E-state index in [0.29, 0.717) is 23.5 Å². The first-order valence-corrected chi connectivity index (χ1v) is 7.02. The van der Waals surface area contributed by atoms with E-state index in [0.717, 1.165) is 0 Å². The Labute approximate surface area is 138 Å². The van der Waals surface area contributed by atoms with Crippen molar-refractivity contribution in [1.29, 1.82) is 0 Å². The molecular weight excluding hydrogens is 310 g/mol. The van der Waals surface area contributed by atoms with E-state index in [1.807, 2.05) is 0 Å². The van der Waals surface area contributed by atoms with Gasteiger partial charge < -0.3 is 4.74 Å². The lowest BCUT2D eigenvalue weighted by Gasteiger charge is -2.04. The summed E-state index contributed by atoms with van der Waals surface area (Å²) in [5.74, 6) is 0.235. The minimum absolute atomic E-state index is 0.0413. The molecule has 0 bridgehead atoms. The van der Waals surface area contributed by atoms with Gasteiger partial charge in [0.05, 0.1) is 11.1 Å². The van der Waals surface area contributed by atoms with Crippen molar-refractivity contribution in [2.75, 3.05) is 6.61 Å². The number of carbonyl (C=O) groups is 1. The highest BCUT2D eigenvalue weighted by atomic mass is 16.6. The molecule has 0 aliphatic heterocycles. The van der Waals surface area contributed by atoms with Gasteiger partial charge in [-0.05, 0) is 24.3 Å². The molecule has 2 aromatic rings. The van der Waals surface area contributed by atoms with Gasteiger partial charge in [0, 0.05) is 23.3 Å². The molecular formula is C17H15N3O4. The molecule has 0 aromatic heterocycles. The van der Waals surface area contributed by atoms with E-state index in [1.165, 1.54) is 18.3 Å². The van der Waals surface area contributed by atoms with Crippen LogP contribution < -0.4 is 10.2 Å². The Morgan fingerprint density at radius 3 is 2.71 bits per heavy atom. The summed E-state index contributed by atoms with van der Waals surface area (Å²) >= 11 is 0. The van der Waals surface area contributed by atoms with Gasteiger partial charge in [-0.1, -0.05) is 24.8 Å². The summed E-state index contributed by atoms with van der Waals surface area (Å²) in [7, 11) is 0. The molecule has 0 aliphatic rings. The number of rotatable bonds is 7. The second kappa shape index (κ2) is 8.23. The number of ether oxygens (including phenoxy) is 1. The minimum atomic E-state index is -0.494. The molecule has 0 radical (unpaired) electrons. The number of nitrogens with zero attached hydrogens (tertiary/aromatic N) is 2. The van der Waals surface area contributed by atoms with E-state index in [-0.39, 0.29) is 5.69 Å². The SMILES string of the molecule is C=CCOc1ccc(C(=O)NN=Cc2cccc([N+](=O)[O-])c2)cc1. The number of hydrogen-bond acceptors (Lipinski definition) is 5. The summed E-state index contributed by atoms with van der Waals surface area (Å²) in [4.78, 5) is 22.1. The van der Waals surface area contributed by atoms with E-state index < -0.39 is 10.8 Å². The minimum Gasteiger partial charge on any atom is -0.490 e. The largest absolute Gasteiger partial charge is 0.490 e. The van der Waals surface area contributed by atoms with E-state index in [4.69, 9.17) is 4.74 Å². The number of amides is 1. The topological polar surface area (TPSA) is 93.8 Å². The highest BCUT2D eigenvalue weighted by Crippen LogP contribution is 2.13. The van der Waals surface area contributed by atoms with Crippen molar-refractivity contribution in [3.05, 3.63) is 82.4 Å². The van der Waals surface area contributed by atoms with Gasteiger partial charge in [0.15, 0.2) is 0 Å². The summed E-state index contributed by atoms with van der Waals surface area (Å²) in [6.07, 6.45) is 2.97. The van der Waals surface area contributed by atoms with E-state index in [1.54, 1.807) is 42.5 Å². The second-order valence-electron chi connectivity index (χ2n) is 4.68. The number of benzene rings is 2. The molecule has 24 heavy (non-hydrogen) atoms. The van der Waals surface area contributed by atoms with Crippen molar-refractivity contribution in [3.63, 3.8) is 0 Å². The fourth-order valence-electron chi connectivity index (χ4n) is 1.81. The fraction of sp³-hybridized carbons (Fsp3) is 0.0588. The van der Waals surface area contributed by atoms with Crippen LogP contribution in [-0.2, 0) is 0 Å². The van der Waals surface area contributed by atoms with Crippen molar-refractivity contribution in [2.24, 2.45) is 5.10 Å². The number of carbonyl (C=O) groups excluding carboxylic acids is 1. The van der Waals surface area contributed by atoms with Crippen LogP contribution in [0.15, 0.2) is 66.3 Å². The summed E-state index contributed by atoms with van der Waals surface area (Å²) in [5.41, 5.74) is 3.25. The van der Waals surface area contributed by atoms with E-state index in [9.17, 15) is 14.9 Å². The Morgan fingerprint density at radius 2 is 2.04 bits per heavy atom. The maximum atomic E-state index is 11.9. The van der Waals surface area contributed by atoms with Gasteiger partial charge in [-0.25, -0.2) is 5.43 Å². The molecule has 0 saturated heterocycles. The number of non-ortho nitro benzene ring substituents is 1. The quantitative estimate of drug-likeness (QED) is 0.366. The van der Waals surface area contributed by atoms with Crippen molar-refractivity contribution in [2.45, 2.75) is 0 Å². The molecule has 0 spiro atoms. The summed E-state index contributed by atoms with van der Waals surface area (Å²) in [6.45, 7) is 3.94. The highest BCUT2D eigenvalue weighted by Gasteiger charge is 2.05. The zero-order valence-electron chi connectivity index (χ0n) is 12.7. The Kier molecular flexibility index (Phi) is 5.79. The molecule has 0 unspecified atom stereocenters. The first kappa shape index (κ1) is 16.9. The predicted octanol–water partition coefficient (Wildman–Crippen LogP) is 2.92. The van der Waals surface area contributed by atoms with Crippen LogP contribution in [0.4, 0.5) is 5.69 Å². The Morgan fingerprint density at radius 1 is 1.29 bits per heavy atom. The Hall–Kier alpha value is -3.48. The van der Waals surface area contributed by atoms with Crippen LogP contribution in [0.3, 0.4) is 0 Å². The summed E-state index contributed by atoms with van der Waals surface area (Å²) in [6, 6.07) is 12.5. The molecule has 0 fully saturated rings. The zero-order valence-corrected chi connectivity index (χ0v) is 12.7.